The van der Waals surface area contributed by atoms with Crippen LogP contribution < -0.4 is 24.8 Å². The molecule has 0 saturated carbocycles. The zero-order chi connectivity index (χ0) is 26.9. The summed E-state index contributed by atoms with van der Waals surface area (Å²) in [5, 5.41) is 0. The van der Waals surface area contributed by atoms with Gasteiger partial charge in [-0.15, -0.1) is 0 Å². The molecule has 4 bridgehead atoms. The molecule has 3 aliphatic rings. The summed E-state index contributed by atoms with van der Waals surface area (Å²) in [6.07, 6.45) is 2.44. The SMILES string of the molecule is CCC1CC2=C(C)[CH]([Zr+2][CH]3C(C)=C1c1c(C(C)C)cc(C(C)C)cc13)c1cc(C(C)C)cc(C(C)C)c12.[Cl-].[Cl-]. The van der Waals surface area contributed by atoms with Crippen molar-refractivity contribution in [1.29, 1.82) is 0 Å². The van der Waals surface area contributed by atoms with Crippen LogP contribution in [0.3, 0.4) is 0 Å². The van der Waals surface area contributed by atoms with E-state index < -0.39 is 23.2 Å². The van der Waals surface area contributed by atoms with Crippen LogP contribution in [0.4, 0.5) is 0 Å². The van der Waals surface area contributed by atoms with Gasteiger partial charge in [0.15, 0.2) is 0 Å². The molecule has 2 aromatic rings. The molecule has 2 aliphatic carbocycles. The standard InChI is InChI=1S/C36H48.2ClH.Zr/c1-12-26(34-25(11)14-30-16-28(21(4)5)19-32(23(8)9)36(30)34)17-33-24(10)13-29-15-27(20(2)3)18-31(22(6)7)35(29)33;;;/h13-16,18-23,26H,12,17H2,1-11H3;2*1H;/q;;;+2/p-2. The predicted molar refractivity (Wildman–Crippen MR) is 158 cm³/mol. The number of halogens is 2. The van der Waals surface area contributed by atoms with E-state index in [2.05, 4.69) is 100 Å². The summed E-state index contributed by atoms with van der Waals surface area (Å²) in [7, 11) is 0. The summed E-state index contributed by atoms with van der Waals surface area (Å²) in [6, 6.07) is 10.5. The largest absolute Gasteiger partial charge is 1.00 e. The first-order valence-electron chi connectivity index (χ1n) is 15.0. The van der Waals surface area contributed by atoms with Crippen molar-refractivity contribution in [3.8, 4) is 0 Å². The molecule has 0 radical (unpaired) electrons. The third-order valence-corrected chi connectivity index (χ3v) is 15.0. The molecule has 0 aromatic heterocycles. The first-order chi connectivity index (χ1) is 17.5. The van der Waals surface area contributed by atoms with Crippen LogP contribution in [-0.2, 0) is 23.2 Å². The second-order valence-corrected chi connectivity index (χ2v) is 17.0. The number of fused-ring (bicyclic) bond motifs is 8. The van der Waals surface area contributed by atoms with Gasteiger partial charge in [0.25, 0.3) is 0 Å². The maximum Gasteiger partial charge on any atom is -1.00 e. The van der Waals surface area contributed by atoms with Gasteiger partial charge in [0.1, 0.15) is 0 Å². The first-order valence-corrected chi connectivity index (χ1v) is 17.8. The van der Waals surface area contributed by atoms with Crippen molar-refractivity contribution in [1.82, 2.24) is 0 Å². The molecule has 3 atom stereocenters. The van der Waals surface area contributed by atoms with E-state index in [4.69, 9.17) is 0 Å². The second kappa shape index (κ2) is 12.3. The Morgan fingerprint density at radius 3 is 1.59 bits per heavy atom. The molecule has 1 heterocycles. The van der Waals surface area contributed by atoms with E-state index in [9.17, 15) is 0 Å². The van der Waals surface area contributed by atoms with Crippen molar-refractivity contribution in [2.45, 2.75) is 120 Å². The third-order valence-electron chi connectivity index (χ3n) is 9.67. The zero-order valence-electron chi connectivity index (χ0n) is 26.0. The van der Waals surface area contributed by atoms with Crippen molar-refractivity contribution < 1.29 is 48.0 Å². The normalized spacial score (nSPS) is 21.3. The van der Waals surface area contributed by atoms with Gasteiger partial charge in [-0.1, -0.05) is 0 Å². The van der Waals surface area contributed by atoms with Crippen LogP contribution in [0.15, 0.2) is 35.4 Å². The molecule has 0 fully saturated rings. The summed E-state index contributed by atoms with van der Waals surface area (Å²) in [5.41, 5.74) is 20.1. The van der Waals surface area contributed by atoms with E-state index >= 15 is 0 Å². The molecule has 210 valence electrons. The van der Waals surface area contributed by atoms with E-state index in [1.807, 2.05) is 0 Å². The van der Waals surface area contributed by atoms with Gasteiger partial charge in [-0.3, -0.25) is 0 Å². The monoisotopic (exact) mass is 640 g/mol. The molecule has 0 saturated heterocycles. The van der Waals surface area contributed by atoms with Gasteiger partial charge >= 0.3 is 240 Å². The molecular formula is C36H48Cl2Zr. The van der Waals surface area contributed by atoms with Crippen LogP contribution in [0.2, 0.25) is 0 Å². The van der Waals surface area contributed by atoms with Gasteiger partial charge in [-0.05, 0) is 0 Å². The van der Waals surface area contributed by atoms with Crippen molar-refractivity contribution in [3.05, 3.63) is 79.9 Å². The van der Waals surface area contributed by atoms with Crippen molar-refractivity contribution in [3.63, 3.8) is 0 Å². The van der Waals surface area contributed by atoms with Gasteiger partial charge in [-0.2, -0.15) is 0 Å². The Balaban J connectivity index is 0.00000210. The van der Waals surface area contributed by atoms with Gasteiger partial charge < -0.3 is 24.8 Å². The minimum absolute atomic E-state index is 0. The Kier molecular flexibility index (Phi) is 10.4. The van der Waals surface area contributed by atoms with Gasteiger partial charge in [0.05, 0.1) is 0 Å². The Hall–Kier alpha value is -0.617. The fraction of sp³-hybridized carbons (Fsp3) is 0.556. The zero-order valence-corrected chi connectivity index (χ0v) is 30.0. The Morgan fingerprint density at radius 1 is 0.667 bits per heavy atom. The Morgan fingerprint density at radius 2 is 1.13 bits per heavy atom. The van der Waals surface area contributed by atoms with Crippen LogP contribution in [0.1, 0.15) is 164 Å². The van der Waals surface area contributed by atoms with Crippen LogP contribution >= 0.6 is 0 Å². The van der Waals surface area contributed by atoms with Gasteiger partial charge in [0, 0.05) is 0 Å². The maximum atomic E-state index is 2.65. The molecular weight excluding hydrogens is 595 g/mol. The fourth-order valence-corrected chi connectivity index (χ4v) is 12.2. The number of allylic oxidation sites excluding steroid dienone is 4. The van der Waals surface area contributed by atoms with E-state index in [0.29, 0.717) is 36.8 Å². The van der Waals surface area contributed by atoms with E-state index in [1.165, 1.54) is 12.8 Å². The van der Waals surface area contributed by atoms with E-state index in [1.54, 1.807) is 66.8 Å². The molecule has 5 rings (SSSR count). The molecule has 3 heteroatoms. The average molecular weight is 643 g/mol. The molecule has 0 nitrogen and oxygen atoms in total. The molecule has 3 unspecified atom stereocenters. The molecule has 0 N–H and O–H groups in total. The first kappa shape index (κ1) is 32.9. The Bertz CT molecular complexity index is 1310. The Labute approximate surface area is 263 Å². The number of hydrogen-bond donors (Lipinski definition) is 0. The van der Waals surface area contributed by atoms with E-state index in [-0.39, 0.29) is 24.8 Å². The van der Waals surface area contributed by atoms with E-state index in [0.717, 1.165) is 0 Å². The van der Waals surface area contributed by atoms with Gasteiger partial charge in [-0.25, -0.2) is 0 Å². The second-order valence-electron chi connectivity index (χ2n) is 13.4. The maximum absolute atomic E-state index is 2.65. The topological polar surface area (TPSA) is 0 Å². The third kappa shape index (κ3) is 5.37. The molecule has 2 aromatic carbocycles. The average Bonchev–Trinajstić information content (AvgIpc) is 3.27. The quantitative estimate of drug-likeness (QED) is 0.428. The number of benzene rings is 2. The summed E-state index contributed by atoms with van der Waals surface area (Å²) in [5.74, 6) is 2.91. The fourth-order valence-electron chi connectivity index (χ4n) is 7.39. The summed E-state index contributed by atoms with van der Waals surface area (Å²) < 4.78 is 1.41. The summed E-state index contributed by atoms with van der Waals surface area (Å²) in [4.78, 5) is 0. The van der Waals surface area contributed by atoms with Crippen molar-refractivity contribution in [2.75, 3.05) is 0 Å². The molecule has 1 aliphatic heterocycles. The minimum Gasteiger partial charge on any atom is -1.00 e. The summed E-state index contributed by atoms with van der Waals surface area (Å²) in [6.45, 7) is 26.7. The van der Waals surface area contributed by atoms with Crippen LogP contribution in [0, 0.1) is 5.92 Å². The predicted octanol–water partition coefficient (Wildman–Crippen LogP) is 5.06. The molecule has 0 spiro atoms. The minimum atomic E-state index is -0.861. The van der Waals surface area contributed by atoms with Crippen LogP contribution in [0.25, 0.3) is 11.1 Å². The number of rotatable bonds is 5. The van der Waals surface area contributed by atoms with Crippen LogP contribution in [0.5, 0.6) is 0 Å². The smallest absolute Gasteiger partial charge is 1.00 e. The molecule has 39 heavy (non-hydrogen) atoms. The van der Waals surface area contributed by atoms with Gasteiger partial charge in [0.2, 0.25) is 0 Å². The van der Waals surface area contributed by atoms with Crippen LogP contribution in [-0.4, -0.2) is 0 Å². The van der Waals surface area contributed by atoms with Crippen molar-refractivity contribution in [2.24, 2.45) is 5.92 Å². The van der Waals surface area contributed by atoms with Crippen molar-refractivity contribution >= 4 is 11.1 Å². The summed E-state index contributed by atoms with van der Waals surface area (Å²) >= 11 is -0.861. The number of hydrogen-bond acceptors (Lipinski definition) is 0. The molecule has 0 amide bonds.